The van der Waals surface area contributed by atoms with Crippen molar-refractivity contribution >= 4 is 17.7 Å². The number of hydrogen-bond acceptors (Lipinski definition) is 2. The van der Waals surface area contributed by atoms with Crippen molar-refractivity contribution in [3.05, 3.63) is 34.6 Å². The van der Waals surface area contributed by atoms with Crippen molar-refractivity contribution in [2.75, 3.05) is 6.61 Å². The third-order valence-corrected chi connectivity index (χ3v) is 1.75. The van der Waals surface area contributed by atoms with E-state index in [1.165, 1.54) is 12.2 Å². The molecule has 0 amide bonds. The molecule has 0 radical (unpaired) electrons. The van der Waals surface area contributed by atoms with Crippen LogP contribution in [0.3, 0.4) is 0 Å². The van der Waals surface area contributed by atoms with Crippen molar-refractivity contribution in [1.82, 2.24) is 0 Å². The second-order valence-corrected chi connectivity index (χ2v) is 2.82. The zero-order valence-electron chi connectivity index (χ0n) is 6.67. The van der Waals surface area contributed by atoms with Gasteiger partial charge in [0.15, 0.2) is 0 Å². The summed E-state index contributed by atoms with van der Waals surface area (Å²) < 4.78 is 12.7. The third kappa shape index (κ3) is 2.44. The molecule has 1 rings (SSSR count). The van der Waals surface area contributed by atoms with Crippen LogP contribution >= 0.6 is 11.6 Å². The summed E-state index contributed by atoms with van der Waals surface area (Å²) in [5.41, 5.74) is 0.249. The second kappa shape index (κ2) is 4.25. The zero-order chi connectivity index (χ0) is 9.84. The Morgan fingerprint density at radius 2 is 2.15 bits per heavy atom. The predicted octanol–water partition coefficient (Wildman–Crippen LogP) is 2.19. The van der Waals surface area contributed by atoms with Crippen LogP contribution in [0, 0.1) is 5.82 Å². The van der Waals surface area contributed by atoms with Crippen LogP contribution in [0.1, 0.15) is 5.56 Å². The summed E-state index contributed by atoms with van der Waals surface area (Å²) in [7, 11) is 0. The molecular formula is C9H8ClFO2. The fourth-order valence-corrected chi connectivity index (χ4v) is 1.11. The first-order valence-corrected chi connectivity index (χ1v) is 3.98. The van der Waals surface area contributed by atoms with E-state index in [9.17, 15) is 9.50 Å². The molecule has 0 saturated heterocycles. The Kier molecular flexibility index (Phi) is 3.28. The molecule has 0 saturated carbocycles. The molecule has 70 valence electrons. The summed E-state index contributed by atoms with van der Waals surface area (Å²) in [5, 5.41) is 17.7. The van der Waals surface area contributed by atoms with Gasteiger partial charge in [-0.15, -0.1) is 0 Å². The maximum atomic E-state index is 12.7. The van der Waals surface area contributed by atoms with Gasteiger partial charge in [-0.1, -0.05) is 23.8 Å². The Bertz CT molecular complexity index is 337. The van der Waals surface area contributed by atoms with Crippen molar-refractivity contribution < 1.29 is 14.6 Å². The van der Waals surface area contributed by atoms with E-state index in [4.69, 9.17) is 16.7 Å². The van der Waals surface area contributed by atoms with Gasteiger partial charge in [0, 0.05) is 5.56 Å². The Balaban J connectivity index is 3.12. The summed E-state index contributed by atoms with van der Waals surface area (Å²) in [6.07, 6.45) is 2.77. The smallest absolute Gasteiger partial charge is 0.141 e. The second-order valence-electron chi connectivity index (χ2n) is 2.41. The van der Waals surface area contributed by atoms with E-state index in [1.54, 1.807) is 0 Å². The van der Waals surface area contributed by atoms with Crippen LogP contribution in [0.4, 0.5) is 4.39 Å². The number of rotatable bonds is 2. The van der Waals surface area contributed by atoms with Crippen molar-refractivity contribution in [2.45, 2.75) is 0 Å². The third-order valence-electron chi connectivity index (χ3n) is 1.46. The molecule has 0 heterocycles. The molecule has 0 aliphatic heterocycles. The van der Waals surface area contributed by atoms with Crippen molar-refractivity contribution in [2.24, 2.45) is 0 Å². The van der Waals surface area contributed by atoms with Gasteiger partial charge >= 0.3 is 0 Å². The molecule has 2 nitrogen and oxygen atoms in total. The van der Waals surface area contributed by atoms with Gasteiger partial charge in [-0.05, 0) is 12.1 Å². The van der Waals surface area contributed by atoms with Crippen LogP contribution in [-0.2, 0) is 0 Å². The fraction of sp³-hybridized carbons (Fsp3) is 0.111. The maximum Gasteiger partial charge on any atom is 0.141 e. The zero-order valence-corrected chi connectivity index (χ0v) is 7.42. The van der Waals surface area contributed by atoms with Gasteiger partial charge in [-0.2, -0.15) is 0 Å². The minimum Gasteiger partial charge on any atom is -0.506 e. The lowest BCUT2D eigenvalue weighted by Gasteiger charge is -2.01. The van der Waals surface area contributed by atoms with E-state index in [1.807, 2.05) is 0 Å². The highest BCUT2D eigenvalue weighted by molar-refractivity contribution is 6.32. The van der Waals surface area contributed by atoms with Crippen molar-refractivity contribution in [1.29, 1.82) is 0 Å². The van der Waals surface area contributed by atoms with Gasteiger partial charge in [-0.25, -0.2) is 4.39 Å². The van der Waals surface area contributed by atoms with Gasteiger partial charge < -0.3 is 10.2 Å². The average Bonchev–Trinajstić information content (AvgIpc) is 2.09. The highest BCUT2D eigenvalue weighted by Crippen LogP contribution is 2.29. The number of phenolic OH excluding ortho intramolecular Hbond substituents is 1. The van der Waals surface area contributed by atoms with Gasteiger partial charge in [0.1, 0.15) is 11.6 Å². The molecule has 1 aromatic carbocycles. The quantitative estimate of drug-likeness (QED) is 0.772. The molecule has 0 bridgehead atoms. The molecule has 0 aliphatic carbocycles. The number of aromatic hydroxyl groups is 1. The molecule has 0 unspecified atom stereocenters. The van der Waals surface area contributed by atoms with Crippen LogP contribution in [0.25, 0.3) is 6.08 Å². The molecule has 0 aliphatic rings. The average molecular weight is 203 g/mol. The number of aliphatic hydroxyl groups is 1. The number of halogens is 2. The molecule has 4 heteroatoms. The number of benzene rings is 1. The largest absolute Gasteiger partial charge is 0.506 e. The normalized spacial score (nSPS) is 11.0. The Labute approximate surface area is 79.9 Å². The van der Waals surface area contributed by atoms with E-state index in [0.717, 1.165) is 12.1 Å². The van der Waals surface area contributed by atoms with E-state index >= 15 is 0 Å². The van der Waals surface area contributed by atoms with Gasteiger partial charge in [0.05, 0.1) is 11.6 Å². The molecular weight excluding hydrogens is 195 g/mol. The lowest BCUT2D eigenvalue weighted by Crippen LogP contribution is -1.81. The standard InChI is InChI=1S/C9H8ClFO2/c10-8-5-7(11)4-6(9(8)13)2-1-3-12/h1-2,4-5,12-13H,3H2. The first kappa shape index (κ1) is 10.0. The van der Waals surface area contributed by atoms with Gasteiger partial charge in [0.2, 0.25) is 0 Å². The molecule has 1 aromatic rings. The predicted molar refractivity (Wildman–Crippen MR) is 49.2 cm³/mol. The van der Waals surface area contributed by atoms with Crippen LogP contribution in [-0.4, -0.2) is 16.8 Å². The first-order valence-electron chi connectivity index (χ1n) is 3.60. The summed E-state index contributed by atoms with van der Waals surface area (Å²) in [4.78, 5) is 0. The van der Waals surface area contributed by atoms with Crippen molar-refractivity contribution in [3.63, 3.8) is 0 Å². The lowest BCUT2D eigenvalue weighted by molar-refractivity contribution is 0.343. The lowest BCUT2D eigenvalue weighted by atomic mass is 10.2. The van der Waals surface area contributed by atoms with E-state index in [-0.39, 0.29) is 22.9 Å². The molecule has 0 fully saturated rings. The van der Waals surface area contributed by atoms with Crippen molar-refractivity contribution in [3.8, 4) is 5.75 Å². The summed E-state index contributed by atoms with van der Waals surface area (Å²) in [5.74, 6) is -0.715. The number of phenols is 1. The molecule has 0 spiro atoms. The number of hydrogen-bond donors (Lipinski definition) is 2. The maximum absolute atomic E-state index is 12.7. The van der Waals surface area contributed by atoms with E-state index in [2.05, 4.69) is 0 Å². The van der Waals surface area contributed by atoms with E-state index < -0.39 is 5.82 Å². The van der Waals surface area contributed by atoms with Crippen LogP contribution in [0.15, 0.2) is 18.2 Å². The fourth-order valence-electron chi connectivity index (χ4n) is 0.893. The highest BCUT2D eigenvalue weighted by atomic mass is 35.5. The minimum absolute atomic E-state index is 0.0439. The Morgan fingerprint density at radius 3 is 2.77 bits per heavy atom. The van der Waals surface area contributed by atoms with Crippen LogP contribution in [0.5, 0.6) is 5.75 Å². The monoisotopic (exact) mass is 202 g/mol. The summed E-state index contributed by atoms with van der Waals surface area (Å²) >= 11 is 5.51. The SMILES string of the molecule is OCC=Cc1cc(F)cc(Cl)c1O. The van der Waals surface area contributed by atoms with Crippen LogP contribution < -0.4 is 0 Å². The van der Waals surface area contributed by atoms with Gasteiger partial charge in [-0.3, -0.25) is 0 Å². The minimum atomic E-state index is -0.527. The topological polar surface area (TPSA) is 40.5 Å². The molecule has 0 aromatic heterocycles. The highest BCUT2D eigenvalue weighted by Gasteiger charge is 2.05. The number of aliphatic hydroxyl groups excluding tert-OH is 1. The summed E-state index contributed by atoms with van der Waals surface area (Å²) in [6, 6.07) is 2.15. The van der Waals surface area contributed by atoms with Gasteiger partial charge in [0.25, 0.3) is 0 Å². The molecule has 2 N–H and O–H groups in total. The molecule has 0 atom stereocenters. The Morgan fingerprint density at radius 1 is 1.46 bits per heavy atom. The van der Waals surface area contributed by atoms with Crippen LogP contribution in [0.2, 0.25) is 5.02 Å². The first-order chi connectivity index (χ1) is 6.15. The van der Waals surface area contributed by atoms with E-state index in [0.29, 0.717) is 0 Å². The molecule has 13 heavy (non-hydrogen) atoms. The Hall–Kier alpha value is -1.06. The summed E-state index contributed by atoms with van der Waals surface area (Å²) in [6.45, 7) is -0.173.